The fraction of sp³-hybridized carbons (Fsp3) is 0.742. The number of hydrogen-bond donors (Lipinski definition) is 0. The lowest BCUT2D eigenvalue weighted by atomic mass is 9.76. The van der Waals surface area contributed by atoms with Crippen LogP contribution in [-0.4, -0.2) is 0 Å². The van der Waals surface area contributed by atoms with Crippen molar-refractivity contribution in [3.05, 3.63) is 47.3 Å². The van der Waals surface area contributed by atoms with Crippen molar-refractivity contribution in [1.29, 1.82) is 0 Å². The van der Waals surface area contributed by atoms with Gasteiger partial charge in [-0.15, -0.1) is 0 Å². The second-order valence-corrected chi connectivity index (χ2v) is 11.0. The lowest BCUT2D eigenvalue weighted by Crippen LogP contribution is -2.16. The van der Waals surface area contributed by atoms with E-state index in [1.165, 1.54) is 115 Å². The van der Waals surface area contributed by atoms with E-state index in [0.717, 1.165) is 30.6 Å². The molecule has 0 saturated heterocycles. The van der Waals surface area contributed by atoms with Crippen LogP contribution in [0.15, 0.2) is 35.9 Å². The summed E-state index contributed by atoms with van der Waals surface area (Å²) in [5.41, 5.74) is 2.90. The van der Waals surface area contributed by atoms with Crippen molar-refractivity contribution >= 4 is 0 Å². The van der Waals surface area contributed by atoms with Crippen molar-refractivity contribution in [3.63, 3.8) is 0 Å². The molecule has 1 aromatic rings. The Kier molecular flexibility index (Phi) is 11.9. The zero-order valence-electron chi connectivity index (χ0n) is 20.9. The largest absolute Gasteiger partial charge is 0.207 e. The molecule has 1 heteroatoms. The van der Waals surface area contributed by atoms with E-state index in [2.05, 4.69) is 13.0 Å². The van der Waals surface area contributed by atoms with E-state index in [9.17, 15) is 4.39 Å². The average molecular weight is 441 g/mol. The number of benzene rings is 1. The summed E-state index contributed by atoms with van der Waals surface area (Å²) in [6.07, 6.45) is 29.3. The smallest absolute Gasteiger partial charge is 0.123 e. The van der Waals surface area contributed by atoms with Crippen molar-refractivity contribution in [2.75, 3.05) is 0 Å². The molecule has 2 aliphatic carbocycles. The van der Waals surface area contributed by atoms with Crippen LogP contribution in [0.25, 0.3) is 0 Å². The molecule has 0 spiro atoms. The van der Waals surface area contributed by atoms with E-state index in [-0.39, 0.29) is 5.82 Å². The number of unbranched alkanes of at least 4 members (excludes halogenated alkanes) is 6. The summed E-state index contributed by atoms with van der Waals surface area (Å²) in [4.78, 5) is 0. The van der Waals surface area contributed by atoms with Crippen molar-refractivity contribution < 1.29 is 4.39 Å². The molecule has 1 aromatic carbocycles. The van der Waals surface area contributed by atoms with Crippen LogP contribution in [-0.2, 0) is 6.42 Å². The van der Waals surface area contributed by atoms with E-state index in [1.807, 2.05) is 12.1 Å². The lowest BCUT2D eigenvalue weighted by molar-refractivity contribution is 0.234. The van der Waals surface area contributed by atoms with Gasteiger partial charge in [0.1, 0.15) is 5.82 Å². The Labute approximate surface area is 198 Å². The lowest BCUT2D eigenvalue weighted by Gasteiger charge is -2.30. The Balaban J connectivity index is 1.21. The van der Waals surface area contributed by atoms with Gasteiger partial charge in [0.15, 0.2) is 0 Å². The third-order valence-electron chi connectivity index (χ3n) is 8.43. The normalized spacial score (nSPS) is 23.8. The maximum atomic E-state index is 13.0. The van der Waals surface area contributed by atoms with E-state index >= 15 is 0 Å². The van der Waals surface area contributed by atoms with Crippen LogP contribution in [0.3, 0.4) is 0 Å². The molecule has 32 heavy (non-hydrogen) atoms. The van der Waals surface area contributed by atoms with Crippen LogP contribution in [0.4, 0.5) is 4.39 Å². The predicted molar refractivity (Wildman–Crippen MR) is 137 cm³/mol. The van der Waals surface area contributed by atoms with Gasteiger partial charge < -0.3 is 0 Å². The summed E-state index contributed by atoms with van der Waals surface area (Å²) in [5.74, 6) is 2.86. The van der Waals surface area contributed by atoms with Gasteiger partial charge in [-0.05, 0) is 74.0 Å². The van der Waals surface area contributed by atoms with Gasteiger partial charge in [-0.1, -0.05) is 114 Å². The van der Waals surface area contributed by atoms with Crippen LogP contribution >= 0.6 is 0 Å². The first-order valence-corrected chi connectivity index (χ1v) is 14.1. The molecular formula is C31H49F. The summed E-state index contributed by atoms with van der Waals surface area (Å²) in [7, 11) is 0. The Morgan fingerprint density at radius 2 is 1.31 bits per heavy atom. The van der Waals surface area contributed by atoms with Gasteiger partial charge in [0.25, 0.3) is 0 Å². The molecule has 2 aliphatic rings. The molecule has 0 nitrogen and oxygen atoms in total. The molecule has 180 valence electrons. The number of hydrogen-bond acceptors (Lipinski definition) is 0. The molecule has 3 rings (SSSR count). The molecule has 0 bridgehead atoms. The van der Waals surface area contributed by atoms with Gasteiger partial charge in [0.05, 0.1) is 0 Å². The maximum Gasteiger partial charge on any atom is 0.123 e. The van der Waals surface area contributed by atoms with Crippen LogP contribution in [0.5, 0.6) is 0 Å². The minimum atomic E-state index is -0.130. The molecule has 1 atom stereocenters. The van der Waals surface area contributed by atoms with Crippen molar-refractivity contribution in [2.45, 2.75) is 129 Å². The Morgan fingerprint density at radius 1 is 0.688 bits per heavy atom. The fourth-order valence-corrected chi connectivity index (χ4v) is 6.06. The molecule has 1 saturated carbocycles. The monoisotopic (exact) mass is 440 g/mol. The van der Waals surface area contributed by atoms with E-state index in [0.29, 0.717) is 0 Å². The van der Waals surface area contributed by atoms with Crippen LogP contribution in [0, 0.1) is 23.6 Å². The third-order valence-corrected chi connectivity index (χ3v) is 8.43. The zero-order valence-corrected chi connectivity index (χ0v) is 20.9. The topological polar surface area (TPSA) is 0 Å². The second-order valence-electron chi connectivity index (χ2n) is 11.0. The van der Waals surface area contributed by atoms with Crippen LogP contribution < -0.4 is 0 Å². The molecule has 0 aromatic heterocycles. The first-order chi connectivity index (χ1) is 15.7. The molecule has 1 fully saturated rings. The van der Waals surface area contributed by atoms with E-state index < -0.39 is 0 Å². The Morgan fingerprint density at radius 3 is 1.97 bits per heavy atom. The Bertz CT molecular complexity index is 635. The quantitative estimate of drug-likeness (QED) is 0.199. The van der Waals surface area contributed by atoms with E-state index in [1.54, 1.807) is 17.7 Å². The number of allylic oxidation sites excluding steroid dienone is 2. The van der Waals surface area contributed by atoms with Gasteiger partial charge in [0.2, 0.25) is 0 Å². The van der Waals surface area contributed by atoms with Crippen molar-refractivity contribution in [2.24, 2.45) is 17.8 Å². The summed E-state index contributed by atoms with van der Waals surface area (Å²) in [6, 6.07) is 7.04. The maximum absolute atomic E-state index is 13.0. The first kappa shape index (κ1) is 25.5. The van der Waals surface area contributed by atoms with Crippen LogP contribution in [0.1, 0.15) is 128 Å². The molecule has 0 amide bonds. The third kappa shape index (κ3) is 9.80. The van der Waals surface area contributed by atoms with Gasteiger partial charge in [-0.2, -0.15) is 0 Å². The second kappa shape index (κ2) is 14.9. The summed E-state index contributed by atoms with van der Waals surface area (Å²) in [5, 5.41) is 0. The Hall–Kier alpha value is -1.11. The highest BCUT2D eigenvalue weighted by Crippen LogP contribution is 2.37. The SMILES string of the molecule is CCCCCCCCC[C@H]1CC[C@H](CCC2CC=C(CCc3ccc(F)cc3)CC2)CC1. The minimum absolute atomic E-state index is 0.130. The number of rotatable bonds is 14. The summed E-state index contributed by atoms with van der Waals surface area (Å²) >= 11 is 0. The molecule has 0 heterocycles. The molecule has 0 N–H and O–H groups in total. The standard InChI is InChI=1S/C31H49F/c1-2-3-4-5-6-7-8-9-26-10-12-27(13-11-26)14-15-28-16-18-29(19-17-28)20-21-30-22-24-31(32)25-23-30/h18,22-28H,2-17,19-21H2,1H3/t26-,27-,28?. The fourth-order valence-electron chi connectivity index (χ4n) is 6.06. The van der Waals surface area contributed by atoms with E-state index in [4.69, 9.17) is 0 Å². The van der Waals surface area contributed by atoms with Gasteiger partial charge in [0, 0.05) is 0 Å². The highest BCUT2D eigenvalue weighted by Gasteiger charge is 2.22. The zero-order chi connectivity index (χ0) is 22.4. The average Bonchev–Trinajstić information content (AvgIpc) is 2.83. The van der Waals surface area contributed by atoms with Crippen molar-refractivity contribution in [1.82, 2.24) is 0 Å². The minimum Gasteiger partial charge on any atom is -0.207 e. The molecule has 0 radical (unpaired) electrons. The number of halogens is 1. The van der Waals surface area contributed by atoms with Crippen LogP contribution in [0.2, 0.25) is 0 Å². The molecular weight excluding hydrogens is 391 g/mol. The highest BCUT2D eigenvalue weighted by molar-refractivity contribution is 5.18. The molecule has 1 unspecified atom stereocenters. The van der Waals surface area contributed by atoms with Gasteiger partial charge in [-0.25, -0.2) is 4.39 Å². The summed E-state index contributed by atoms with van der Waals surface area (Å²) in [6.45, 7) is 2.30. The number of aryl methyl sites for hydroxylation is 1. The van der Waals surface area contributed by atoms with Crippen molar-refractivity contribution in [3.8, 4) is 0 Å². The highest BCUT2D eigenvalue weighted by atomic mass is 19.1. The first-order valence-electron chi connectivity index (χ1n) is 14.1. The predicted octanol–water partition coefficient (Wildman–Crippen LogP) is 10.2. The summed E-state index contributed by atoms with van der Waals surface area (Å²) < 4.78 is 13.0. The van der Waals surface area contributed by atoms with Gasteiger partial charge in [-0.3, -0.25) is 0 Å². The van der Waals surface area contributed by atoms with Gasteiger partial charge >= 0.3 is 0 Å². The molecule has 0 aliphatic heterocycles.